The lowest BCUT2D eigenvalue weighted by atomic mass is 10.3. The van der Waals surface area contributed by atoms with Crippen LogP contribution >= 0.6 is 15.9 Å². The molecule has 0 aliphatic rings. The molecule has 4 nitrogen and oxygen atoms in total. The van der Waals surface area contributed by atoms with Crippen molar-refractivity contribution in [1.82, 2.24) is 4.98 Å². The highest BCUT2D eigenvalue weighted by molar-refractivity contribution is 9.10. The number of hydrogen-bond acceptors (Lipinski definition) is 4. The number of esters is 1. The van der Waals surface area contributed by atoms with Crippen LogP contribution in [0.15, 0.2) is 47.1 Å². The number of carbonyl (C=O) groups excluding carboxylic acids is 1. The summed E-state index contributed by atoms with van der Waals surface area (Å²) in [4.78, 5) is 15.9. The number of methoxy groups -OCH3 is 1. The number of nitrogens with zero attached hydrogens (tertiary/aromatic N) is 1. The number of halogens is 1. The van der Waals surface area contributed by atoms with E-state index in [-0.39, 0.29) is 5.69 Å². The van der Waals surface area contributed by atoms with Crippen molar-refractivity contribution in [2.45, 2.75) is 0 Å². The van der Waals surface area contributed by atoms with Crippen LogP contribution in [0.2, 0.25) is 0 Å². The number of rotatable bonds is 3. The van der Waals surface area contributed by atoms with Crippen LogP contribution in [-0.2, 0) is 0 Å². The predicted octanol–water partition coefficient (Wildman–Crippen LogP) is 3.07. The molecule has 0 saturated heterocycles. The zero-order chi connectivity index (χ0) is 13.0. The van der Waals surface area contributed by atoms with E-state index in [1.54, 1.807) is 36.4 Å². The van der Waals surface area contributed by atoms with Crippen LogP contribution in [0.5, 0.6) is 11.5 Å². The Hall–Kier alpha value is -1.88. The molecule has 0 unspecified atom stereocenters. The maximum Gasteiger partial charge on any atom is 0.362 e. The molecule has 92 valence electrons. The van der Waals surface area contributed by atoms with Crippen molar-refractivity contribution in [2.75, 3.05) is 7.11 Å². The van der Waals surface area contributed by atoms with Gasteiger partial charge in [-0.05, 0) is 40.2 Å². The van der Waals surface area contributed by atoms with Crippen molar-refractivity contribution < 1.29 is 14.3 Å². The molecule has 2 rings (SSSR count). The van der Waals surface area contributed by atoms with E-state index in [0.29, 0.717) is 16.1 Å². The molecule has 0 N–H and O–H groups in total. The fraction of sp³-hybridized carbons (Fsp3) is 0.0769. The number of para-hydroxylation sites is 1. The summed E-state index contributed by atoms with van der Waals surface area (Å²) < 4.78 is 10.7. The minimum absolute atomic E-state index is 0.214. The largest absolute Gasteiger partial charge is 0.494 e. The molecular formula is C13H10BrNO3. The summed E-state index contributed by atoms with van der Waals surface area (Å²) in [5.41, 5.74) is 0.214. The van der Waals surface area contributed by atoms with E-state index in [4.69, 9.17) is 9.47 Å². The molecule has 1 aromatic carbocycles. The molecule has 0 atom stereocenters. The first-order chi connectivity index (χ1) is 8.70. The van der Waals surface area contributed by atoms with Gasteiger partial charge in [0.1, 0.15) is 16.0 Å². The molecule has 0 amide bonds. The fourth-order valence-corrected chi connectivity index (χ4v) is 1.82. The summed E-state index contributed by atoms with van der Waals surface area (Å²) in [6.07, 6.45) is 0. The zero-order valence-electron chi connectivity index (χ0n) is 9.59. The molecule has 0 spiro atoms. The average Bonchev–Trinajstić information content (AvgIpc) is 2.39. The molecule has 18 heavy (non-hydrogen) atoms. The van der Waals surface area contributed by atoms with Gasteiger partial charge in [0.2, 0.25) is 0 Å². The van der Waals surface area contributed by atoms with Crippen molar-refractivity contribution in [3.05, 3.63) is 52.8 Å². The normalized spacial score (nSPS) is 9.89. The SMILES string of the molecule is COc1ccc(C(=O)Oc2ccccc2)nc1Br. The molecule has 0 aliphatic carbocycles. The van der Waals surface area contributed by atoms with Crippen molar-refractivity contribution in [1.29, 1.82) is 0 Å². The van der Waals surface area contributed by atoms with E-state index in [1.807, 2.05) is 6.07 Å². The van der Waals surface area contributed by atoms with E-state index in [0.717, 1.165) is 0 Å². The number of hydrogen-bond donors (Lipinski definition) is 0. The lowest BCUT2D eigenvalue weighted by molar-refractivity contribution is 0.0728. The molecule has 0 aliphatic heterocycles. The standard InChI is InChI=1S/C13H10BrNO3/c1-17-11-8-7-10(15-12(11)14)13(16)18-9-5-3-2-4-6-9/h2-8H,1H3. The van der Waals surface area contributed by atoms with Gasteiger partial charge in [0.25, 0.3) is 0 Å². The number of benzene rings is 1. The van der Waals surface area contributed by atoms with E-state index >= 15 is 0 Å². The summed E-state index contributed by atoms with van der Waals surface area (Å²) in [6.45, 7) is 0. The maximum atomic E-state index is 11.8. The van der Waals surface area contributed by atoms with Gasteiger partial charge >= 0.3 is 5.97 Å². The van der Waals surface area contributed by atoms with Crippen LogP contribution in [0.1, 0.15) is 10.5 Å². The minimum atomic E-state index is -0.510. The monoisotopic (exact) mass is 307 g/mol. The maximum absolute atomic E-state index is 11.8. The zero-order valence-corrected chi connectivity index (χ0v) is 11.2. The third-order valence-corrected chi connectivity index (χ3v) is 2.77. The summed E-state index contributed by atoms with van der Waals surface area (Å²) >= 11 is 3.22. The van der Waals surface area contributed by atoms with E-state index in [1.165, 1.54) is 7.11 Å². The number of aromatic nitrogens is 1. The predicted molar refractivity (Wildman–Crippen MR) is 69.9 cm³/mol. The Morgan fingerprint density at radius 3 is 2.50 bits per heavy atom. The summed E-state index contributed by atoms with van der Waals surface area (Å²) in [7, 11) is 1.53. The van der Waals surface area contributed by atoms with Crippen LogP contribution in [-0.4, -0.2) is 18.1 Å². The first-order valence-corrected chi connectivity index (χ1v) is 5.98. The van der Waals surface area contributed by atoms with Gasteiger partial charge in [-0.15, -0.1) is 0 Å². The Balaban J connectivity index is 2.17. The Bertz CT molecular complexity index is 557. The number of pyridine rings is 1. The third-order valence-electron chi connectivity index (χ3n) is 2.20. The third kappa shape index (κ3) is 2.87. The fourth-order valence-electron chi connectivity index (χ4n) is 1.34. The highest BCUT2D eigenvalue weighted by Crippen LogP contribution is 2.22. The van der Waals surface area contributed by atoms with Gasteiger partial charge in [0.15, 0.2) is 5.75 Å². The van der Waals surface area contributed by atoms with Gasteiger partial charge in [-0.1, -0.05) is 18.2 Å². The molecule has 2 aromatic rings. The highest BCUT2D eigenvalue weighted by atomic mass is 79.9. The van der Waals surface area contributed by atoms with Gasteiger partial charge in [0.05, 0.1) is 7.11 Å². The van der Waals surface area contributed by atoms with Crippen LogP contribution in [0.25, 0.3) is 0 Å². The second-order valence-electron chi connectivity index (χ2n) is 3.39. The number of carbonyl (C=O) groups is 1. The second kappa shape index (κ2) is 5.64. The summed E-state index contributed by atoms with van der Waals surface area (Å²) in [6, 6.07) is 12.0. The van der Waals surface area contributed by atoms with Crippen LogP contribution < -0.4 is 9.47 Å². The smallest absolute Gasteiger partial charge is 0.362 e. The molecule has 0 saturated carbocycles. The topological polar surface area (TPSA) is 48.4 Å². The van der Waals surface area contributed by atoms with Gasteiger partial charge in [-0.2, -0.15) is 0 Å². The lowest BCUT2D eigenvalue weighted by Gasteiger charge is -2.05. The minimum Gasteiger partial charge on any atom is -0.494 e. The first-order valence-electron chi connectivity index (χ1n) is 5.18. The quantitative estimate of drug-likeness (QED) is 0.497. The molecule has 1 heterocycles. The van der Waals surface area contributed by atoms with Gasteiger partial charge in [0, 0.05) is 0 Å². The van der Waals surface area contributed by atoms with E-state index in [9.17, 15) is 4.79 Å². The van der Waals surface area contributed by atoms with Crippen LogP contribution in [0.3, 0.4) is 0 Å². The molecule has 0 fully saturated rings. The Morgan fingerprint density at radius 2 is 1.89 bits per heavy atom. The highest BCUT2D eigenvalue weighted by Gasteiger charge is 2.12. The van der Waals surface area contributed by atoms with Crippen molar-refractivity contribution in [2.24, 2.45) is 0 Å². The van der Waals surface area contributed by atoms with E-state index in [2.05, 4.69) is 20.9 Å². The molecule has 1 aromatic heterocycles. The molecule has 0 bridgehead atoms. The van der Waals surface area contributed by atoms with Crippen LogP contribution in [0.4, 0.5) is 0 Å². The van der Waals surface area contributed by atoms with Gasteiger partial charge in [-0.3, -0.25) is 0 Å². The molecule has 0 radical (unpaired) electrons. The van der Waals surface area contributed by atoms with Crippen molar-refractivity contribution >= 4 is 21.9 Å². The first kappa shape index (κ1) is 12.6. The lowest BCUT2D eigenvalue weighted by Crippen LogP contribution is -2.10. The molecule has 5 heteroatoms. The van der Waals surface area contributed by atoms with Crippen molar-refractivity contribution in [3.8, 4) is 11.5 Å². The van der Waals surface area contributed by atoms with Crippen molar-refractivity contribution in [3.63, 3.8) is 0 Å². The van der Waals surface area contributed by atoms with E-state index < -0.39 is 5.97 Å². The summed E-state index contributed by atoms with van der Waals surface area (Å²) in [5, 5.41) is 0. The summed E-state index contributed by atoms with van der Waals surface area (Å²) in [5.74, 6) is 0.534. The molecular weight excluding hydrogens is 298 g/mol. The second-order valence-corrected chi connectivity index (χ2v) is 4.14. The Kier molecular flexibility index (Phi) is 3.94. The Labute approximate surface area is 113 Å². The van der Waals surface area contributed by atoms with Gasteiger partial charge in [-0.25, -0.2) is 9.78 Å². The number of ether oxygens (including phenoxy) is 2. The average molecular weight is 308 g/mol. The Morgan fingerprint density at radius 1 is 1.17 bits per heavy atom. The van der Waals surface area contributed by atoms with Crippen LogP contribution in [0, 0.1) is 0 Å². The van der Waals surface area contributed by atoms with Gasteiger partial charge < -0.3 is 9.47 Å².